The van der Waals surface area contributed by atoms with E-state index < -0.39 is 0 Å². The van der Waals surface area contributed by atoms with Crippen LogP contribution in [0.15, 0.2) is 42.5 Å². The number of thioether (sulfide) groups is 1. The van der Waals surface area contributed by atoms with Crippen LogP contribution >= 0.6 is 11.8 Å². The summed E-state index contributed by atoms with van der Waals surface area (Å²) in [5, 5.41) is 7.76. The zero-order valence-corrected chi connectivity index (χ0v) is 23.8. The minimum absolute atomic E-state index is 0.120. The molecule has 9 nitrogen and oxygen atoms in total. The molecule has 5 rings (SSSR count). The van der Waals surface area contributed by atoms with Gasteiger partial charge in [-0.25, -0.2) is 4.68 Å². The van der Waals surface area contributed by atoms with Crippen molar-refractivity contribution in [1.29, 1.82) is 0 Å². The number of ether oxygens (including phenoxy) is 3. The molecule has 3 heterocycles. The number of methoxy groups -OCH3 is 1. The molecular weight excluding hydrogens is 516 g/mol. The molecule has 0 fully saturated rings. The fourth-order valence-electron chi connectivity index (χ4n) is 4.77. The SMILES string of the molecule is COCCNC(=O)CN1C(=O)CSC(c2ccc3c(c2)OCO3)c2c(C(C)(C)C)nn(-c3ccc(C)cc3)c21. The van der Waals surface area contributed by atoms with Gasteiger partial charge in [-0.05, 0) is 36.8 Å². The van der Waals surface area contributed by atoms with Crippen molar-refractivity contribution < 1.29 is 23.8 Å². The van der Waals surface area contributed by atoms with Crippen molar-refractivity contribution in [2.45, 2.75) is 38.4 Å². The summed E-state index contributed by atoms with van der Waals surface area (Å²) in [7, 11) is 1.58. The first kappa shape index (κ1) is 27.1. The van der Waals surface area contributed by atoms with Crippen LogP contribution in [-0.2, 0) is 19.7 Å². The number of benzene rings is 2. The van der Waals surface area contributed by atoms with E-state index in [0.717, 1.165) is 28.1 Å². The maximum Gasteiger partial charge on any atom is 0.240 e. The highest BCUT2D eigenvalue weighted by Crippen LogP contribution is 2.49. The average molecular weight is 551 g/mol. The van der Waals surface area contributed by atoms with Crippen molar-refractivity contribution in [3.05, 3.63) is 64.8 Å². The summed E-state index contributed by atoms with van der Waals surface area (Å²) in [6.45, 7) is 9.20. The van der Waals surface area contributed by atoms with Crippen LogP contribution in [0.4, 0.5) is 5.82 Å². The molecule has 2 aliphatic rings. The molecule has 1 aromatic heterocycles. The first-order valence-corrected chi connectivity index (χ1v) is 14.0. The second kappa shape index (κ2) is 10.9. The van der Waals surface area contributed by atoms with E-state index in [1.165, 1.54) is 11.8 Å². The molecule has 1 unspecified atom stereocenters. The molecule has 39 heavy (non-hydrogen) atoms. The second-order valence-electron chi connectivity index (χ2n) is 10.7. The number of nitrogens with zero attached hydrogens (tertiary/aromatic N) is 3. The van der Waals surface area contributed by atoms with E-state index >= 15 is 0 Å². The zero-order chi connectivity index (χ0) is 27.7. The lowest BCUT2D eigenvalue weighted by atomic mass is 9.87. The fourth-order valence-corrected chi connectivity index (χ4v) is 5.96. The van der Waals surface area contributed by atoms with Crippen molar-refractivity contribution in [3.8, 4) is 17.2 Å². The van der Waals surface area contributed by atoms with Crippen molar-refractivity contribution >= 4 is 29.4 Å². The Labute approximate surface area is 232 Å². The van der Waals surface area contributed by atoms with Crippen LogP contribution in [0.3, 0.4) is 0 Å². The molecule has 2 amide bonds. The normalized spacial score (nSPS) is 16.7. The Bertz CT molecular complexity index is 1380. The number of hydrogen-bond donors (Lipinski definition) is 1. The maximum absolute atomic E-state index is 13.7. The monoisotopic (exact) mass is 550 g/mol. The van der Waals surface area contributed by atoms with E-state index in [2.05, 4.69) is 26.1 Å². The smallest absolute Gasteiger partial charge is 0.240 e. The fraction of sp³-hybridized carbons (Fsp3) is 0.414. The van der Waals surface area contributed by atoms with Gasteiger partial charge in [-0.2, -0.15) is 5.10 Å². The molecule has 1 N–H and O–H groups in total. The number of nitrogens with one attached hydrogen (secondary N) is 1. The van der Waals surface area contributed by atoms with Crippen molar-refractivity contribution in [2.24, 2.45) is 0 Å². The lowest BCUT2D eigenvalue weighted by Crippen LogP contribution is -2.43. The van der Waals surface area contributed by atoms with Crippen LogP contribution in [0.2, 0.25) is 0 Å². The highest BCUT2D eigenvalue weighted by atomic mass is 32.2. The first-order valence-electron chi connectivity index (χ1n) is 12.9. The van der Waals surface area contributed by atoms with Crippen LogP contribution in [0.5, 0.6) is 11.5 Å². The Balaban J connectivity index is 1.70. The molecular formula is C29H34N4O5S. The number of rotatable bonds is 7. The van der Waals surface area contributed by atoms with E-state index in [1.54, 1.807) is 12.0 Å². The molecule has 3 aromatic rings. The summed E-state index contributed by atoms with van der Waals surface area (Å²) >= 11 is 1.53. The van der Waals surface area contributed by atoms with Gasteiger partial charge in [0, 0.05) is 24.6 Å². The summed E-state index contributed by atoms with van der Waals surface area (Å²) in [6, 6.07) is 13.9. The molecule has 0 spiro atoms. The topological polar surface area (TPSA) is 94.9 Å². The number of hydrogen-bond acceptors (Lipinski definition) is 7. The highest BCUT2D eigenvalue weighted by molar-refractivity contribution is 8.00. The van der Waals surface area contributed by atoms with Crippen LogP contribution in [0, 0.1) is 6.92 Å². The maximum atomic E-state index is 13.7. The molecule has 2 aliphatic heterocycles. The second-order valence-corrected chi connectivity index (χ2v) is 11.8. The van der Waals surface area contributed by atoms with E-state index in [4.69, 9.17) is 19.3 Å². The average Bonchev–Trinajstić information content (AvgIpc) is 3.50. The van der Waals surface area contributed by atoms with Crippen LogP contribution in [0.25, 0.3) is 5.69 Å². The van der Waals surface area contributed by atoms with Crippen LogP contribution in [0.1, 0.15) is 48.4 Å². The third-order valence-corrected chi connectivity index (χ3v) is 7.96. The number of anilines is 1. The molecule has 0 saturated carbocycles. The first-order chi connectivity index (χ1) is 18.7. The molecule has 0 aliphatic carbocycles. The number of fused-ring (bicyclic) bond motifs is 2. The third kappa shape index (κ3) is 5.49. The Kier molecular flexibility index (Phi) is 7.59. The van der Waals surface area contributed by atoms with Crippen LogP contribution < -0.4 is 19.7 Å². The number of amides is 2. The van der Waals surface area contributed by atoms with Gasteiger partial charge in [-0.3, -0.25) is 14.5 Å². The summed E-state index contributed by atoms with van der Waals surface area (Å²) in [5.74, 6) is 1.80. The third-order valence-electron chi connectivity index (χ3n) is 6.71. The molecule has 10 heteroatoms. The highest BCUT2D eigenvalue weighted by Gasteiger charge is 2.40. The lowest BCUT2D eigenvalue weighted by Gasteiger charge is -2.24. The Morgan fingerprint density at radius 1 is 1.15 bits per heavy atom. The van der Waals surface area contributed by atoms with Gasteiger partial charge in [-0.1, -0.05) is 44.5 Å². The molecule has 0 radical (unpaired) electrons. The lowest BCUT2D eigenvalue weighted by molar-refractivity contribution is -0.123. The summed E-state index contributed by atoms with van der Waals surface area (Å²) < 4.78 is 18.1. The van der Waals surface area contributed by atoms with E-state index in [0.29, 0.717) is 30.5 Å². The summed E-state index contributed by atoms with van der Waals surface area (Å²) in [5.41, 5.74) is 4.37. The minimum atomic E-state index is -0.338. The minimum Gasteiger partial charge on any atom is -0.454 e. The summed E-state index contributed by atoms with van der Waals surface area (Å²) in [4.78, 5) is 28.3. The predicted molar refractivity (Wildman–Crippen MR) is 151 cm³/mol. The van der Waals surface area contributed by atoms with E-state index in [9.17, 15) is 9.59 Å². The molecule has 0 saturated heterocycles. The Morgan fingerprint density at radius 2 is 1.90 bits per heavy atom. The Morgan fingerprint density at radius 3 is 2.62 bits per heavy atom. The van der Waals surface area contributed by atoms with Gasteiger partial charge in [0.2, 0.25) is 18.6 Å². The van der Waals surface area contributed by atoms with Crippen LogP contribution in [-0.4, -0.2) is 60.9 Å². The zero-order valence-electron chi connectivity index (χ0n) is 22.9. The molecule has 2 aromatic carbocycles. The van der Waals surface area contributed by atoms with Gasteiger partial charge in [0.25, 0.3) is 0 Å². The quantitative estimate of drug-likeness (QED) is 0.442. The van der Waals surface area contributed by atoms with E-state index in [-0.39, 0.29) is 41.6 Å². The van der Waals surface area contributed by atoms with E-state index in [1.807, 2.05) is 54.1 Å². The number of carbonyl (C=O) groups is 2. The van der Waals surface area contributed by atoms with Crippen molar-refractivity contribution in [3.63, 3.8) is 0 Å². The number of carbonyl (C=O) groups excluding carboxylic acids is 2. The number of aromatic nitrogens is 2. The summed E-state index contributed by atoms with van der Waals surface area (Å²) in [6.07, 6.45) is 0. The van der Waals surface area contributed by atoms with Gasteiger partial charge in [0.1, 0.15) is 12.4 Å². The van der Waals surface area contributed by atoms with Gasteiger partial charge in [0.15, 0.2) is 11.5 Å². The molecule has 1 atom stereocenters. The molecule has 206 valence electrons. The Hall–Kier alpha value is -3.50. The van der Waals surface area contributed by atoms with Gasteiger partial charge < -0.3 is 19.5 Å². The van der Waals surface area contributed by atoms with Gasteiger partial charge in [0.05, 0.1) is 29.0 Å². The predicted octanol–water partition coefficient (Wildman–Crippen LogP) is 4.14. The van der Waals surface area contributed by atoms with Crippen molar-refractivity contribution in [2.75, 3.05) is 44.3 Å². The standard InChI is InChI=1S/C29H34N4O5S/c1-18-6-9-20(10-7-18)33-28-25(27(31-33)29(2,3)4)26(19-8-11-21-22(14-19)38-17-37-21)39-16-24(35)32(28)15-23(34)30-12-13-36-5/h6-11,14,26H,12-13,15-17H2,1-5H3,(H,30,34). The van der Waals surface area contributed by atoms with Gasteiger partial charge >= 0.3 is 0 Å². The van der Waals surface area contributed by atoms with Gasteiger partial charge in [-0.15, -0.1) is 11.8 Å². The molecule has 0 bridgehead atoms. The largest absolute Gasteiger partial charge is 0.454 e. The van der Waals surface area contributed by atoms with Crippen molar-refractivity contribution in [1.82, 2.24) is 15.1 Å². The number of aryl methyl sites for hydroxylation is 1.